The van der Waals surface area contributed by atoms with Gasteiger partial charge in [-0.3, -0.25) is 10.1 Å². The highest BCUT2D eigenvalue weighted by molar-refractivity contribution is 6.03. The van der Waals surface area contributed by atoms with E-state index in [4.69, 9.17) is 9.47 Å². The number of amides is 2. The fourth-order valence-corrected chi connectivity index (χ4v) is 2.95. The first-order valence-corrected chi connectivity index (χ1v) is 11.5. The maximum absolute atomic E-state index is 12.5. The first kappa shape index (κ1) is 26.7. The Hall–Kier alpha value is -3.55. The van der Waals surface area contributed by atoms with Crippen LogP contribution >= 0.6 is 0 Å². The average Bonchev–Trinajstić information content (AvgIpc) is 2.82. The Morgan fingerprint density at radius 2 is 1.76 bits per heavy atom. The van der Waals surface area contributed by atoms with E-state index in [9.17, 15) is 9.59 Å². The van der Waals surface area contributed by atoms with E-state index < -0.39 is 11.9 Å². The number of nitrogens with zero attached hydrogens (tertiary/aromatic N) is 1. The van der Waals surface area contributed by atoms with Gasteiger partial charge in [0.25, 0.3) is 0 Å². The summed E-state index contributed by atoms with van der Waals surface area (Å²) in [5.74, 6) is 0.263. The molecule has 0 radical (unpaired) electrons. The van der Waals surface area contributed by atoms with Gasteiger partial charge in [-0.15, -0.1) is 0 Å². The lowest BCUT2D eigenvalue weighted by Gasteiger charge is -2.17. The Morgan fingerprint density at radius 1 is 1.06 bits per heavy atom. The van der Waals surface area contributed by atoms with Gasteiger partial charge < -0.3 is 20.1 Å². The van der Waals surface area contributed by atoms with Crippen LogP contribution in [0.1, 0.15) is 43.9 Å². The van der Waals surface area contributed by atoms with E-state index >= 15 is 0 Å². The summed E-state index contributed by atoms with van der Waals surface area (Å²) >= 11 is 0. The van der Waals surface area contributed by atoms with Gasteiger partial charge in [-0.2, -0.15) is 0 Å². The van der Waals surface area contributed by atoms with Crippen molar-refractivity contribution >= 4 is 23.6 Å². The fourth-order valence-electron chi connectivity index (χ4n) is 2.95. The maximum Gasteiger partial charge on any atom is 0.321 e. The van der Waals surface area contributed by atoms with Crippen molar-refractivity contribution in [3.63, 3.8) is 0 Å². The van der Waals surface area contributed by atoms with Crippen LogP contribution in [0.5, 0.6) is 5.75 Å². The smallest absolute Gasteiger partial charge is 0.321 e. The molecule has 0 saturated heterocycles. The SMILES string of the molecule is CC[C@@H](C)Oc1ccc(NC(=NCc2ccc(C)cc2)NC(=O)NC[C@H](C)C(=O)OC)cc1C. The Balaban J connectivity index is 2.13. The zero-order valence-corrected chi connectivity index (χ0v) is 20.9. The minimum absolute atomic E-state index is 0.127. The van der Waals surface area contributed by atoms with Crippen molar-refractivity contribution in [3.8, 4) is 5.75 Å². The Kier molecular flexibility index (Phi) is 10.4. The van der Waals surface area contributed by atoms with Gasteiger partial charge in [0.2, 0.25) is 5.96 Å². The van der Waals surface area contributed by atoms with Crippen molar-refractivity contribution in [2.24, 2.45) is 10.9 Å². The molecule has 0 aliphatic rings. The summed E-state index contributed by atoms with van der Waals surface area (Å²) in [6, 6.07) is 13.3. The fraction of sp³-hybridized carbons (Fsp3) is 0.423. The quantitative estimate of drug-likeness (QED) is 0.285. The standard InChI is InChI=1S/C26H36N4O4/c1-7-20(5)34-23-13-12-22(14-18(23)3)29-25(27-16-21-10-8-17(2)9-11-21)30-26(32)28-15-19(4)24(31)33-6/h8-14,19-20H,7,15-16H2,1-6H3,(H3,27,28,29,30,32)/t19-,20+/m0/s1. The largest absolute Gasteiger partial charge is 0.490 e. The summed E-state index contributed by atoms with van der Waals surface area (Å²) in [6.45, 7) is 10.3. The molecule has 0 saturated carbocycles. The predicted molar refractivity (Wildman–Crippen MR) is 135 cm³/mol. The Labute approximate surface area is 202 Å². The molecule has 0 aliphatic heterocycles. The summed E-state index contributed by atoms with van der Waals surface area (Å²) < 4.78 is 10.6. The molecule has 0 aliphatic carbocycles. The van der Waals surface area contributed by atoms with Crippen LogP contribution in [0.2, 0.25) is 0 Å². The van der Waals surface area contributed by atoms with Gasteiger partial charge in [0.1, 0.15) is 5.75 Å². The highest BCUT2D eigenvalue weighted by Gasteiger charge is 2.15. The molecule has 8 nitrogen and oxygen atoms in total. The van der Waals surface area contributed by atoms with Gasteiger partial charge in [-0.1, -0.05) is 43.7 Å². The van der Waals surface area contributed by atoms with Crippen LogP contribution in [-0.2, 0) is 16.1 Å². The molecule has 0 aromatic heterocycles. The highest BCUT2D eigenvalue weighted by Crippen LogP contribution is 2.23. The normalized spacial score (nSPS) is 12.9. The van der Waals surface area contributed by atoms with Gasteiger partial charge in [0.15, 0.2) is 0 Å². The molecule has 2 aromatic carbocycles. The summed E-state index contributed by atoms with van der Waals surface area (Å²) in [4.78, 5) is 28.6. The number of guanidine groups is 1. The van der Waals surface area contributed by atoms with E-state index in [-0.39, 0.29) is 18.6 Å². The van der Waals surface area contributed by atoms with Crippen molar-refractivity contribution in [1.29, 1.82) is 0 Å². The first-order valence-electron chi connectivity index (χ1n) is 11.5. The minimum atomic E-state index is -0.473. The zero-order chi connectivity index (χ0) is 25.1. The summed E-state index contributed by atoms with van der Waals surface area (Å²) in [5.41, 5.74) is 3.91. The second-order valence-electron chi connectivity index (χ2n) is 8.35. The van der Waals surface area contributed by atoms with Gasteiger partial charge in [0, 0.05) is 12.2 Å². The van der Waals surface area contributed by atoms with Crippen LogP contribution in [0.3, 0.4) is 0 Å². The van der Waals surface area contributed by atoms with Crippen LogP contribution in [0.4, 0.5) is 10.5 Å². The molecule has 0 fully saturated rings. The minimum Gasteiger partial charge on any atom is -0.490 e. The molecule has 2 rings (SSSR count). The lowest BCUT2D eigenvalue weighted by Crippen LogP contribution is -2.44. The molecule has 2 atom stereocenters. The molecular weight excluding hydrogens is 432 g/mol. The molecule has 34 heavy (non-hydrogen) atoms. The van der Waals surface area contributed by atoms with Crippen molar-refractivity contribution in [3.05, 3.63) is 59.2 Å². The highest BCUT2D eigenvalue weighted by atomic mass is 16.5. The van der Waals surface area contributed by atoms with Gasteiger partial charge in [0.05, 0.1) is 25.7 Å². The van der Waals surface area contributed by atoms with E-state index in [1.807, 2.05) is 63.2 Å². The molecule has 0 spiro atoms. The van der Waals surface area contributed by atoms with Crippen LogP contribution in [0, 0.1) is 19.8 Å². The number of ether oxygens (including phenoxy) is 2. The van der Waals surface area contributed by atoms with Crippen LogP contribution in [0.25, 0.3) is 0 Å². The second kappa shape index (κ2) is 13.2. The van der Waals surface area contributed by atoms with E-state index in [1.165, 1.54) is 12.7 Å². The number of hydrogen-bond donors (Lipinski definition) is 3. The number of rotatable bonds is 9. The maximum atomic E-state index is 12.5. The number of esters is 1. The van der Waals surface area contributed by atoms with Crippen LogP contribution in [0.15, 0.2) is 47.5 Å². The lowest BCUT2D eigenvalue weighted by molar-refractivity contribution is -0.144. The summed E-state index contributed by atoms with van der Waals surface area (Å²) in [7, 11) is 1.32. The van der Waals surface area contributed by atoms with E-state index in [2.05, 4.69) is 27.9 Å². The van der Waals surface area contributed by atoms with Crippen LogP contribution in [-0.4, -0.2) is 37.7 Å². The Morgan fingerprint density at radius 3 is 2.38 bits per heavy atom. The number of methoxy groups -OCH3 is 1. The number of aryl methyl sites for hydroxylation is 2. The number of anilines is 1. The third-order valence-corrected chi connectivity index (χ3v) is 5.29. The van der Waals surface area contributed by atoms with E-state index in [1.54, 1.807) is 6.92 Å². The topological polar surface area (TPSA) is 101 Å². The van der Waals surface area contributed by atoms with E-state index in [0.29, 0.717) is 12.5 Å². The third-order valence-electron chi connectivity index (χ3n) is 5.29. The van der Waals surface area contributed by atoms with Crippen molar-refractivity contribution in [2.45, 2.75) is 53.7 Å². The van der Waals surface area contributed by atoms with Gasteiger partial charge in [-0.05, 0) is 56.5 Å². The predicted octanol–water partition coefficient (Wildman–Crippen LogP) is 4.56. The molecule has 0 heterocycles. The number of carbonyl (C=O) groups is 2. The van der Waals surface area contributed by atoms with E-state index in [0.717, 1.165) is 29.0 Å². The number of nitrogens with one attached hydrogen (secondary N) is 3. The molecule has 0 bridgehead atoms. The number of hydrogen-bond acceptors (Lipinski definition) is 5. The third kappa shape index (κ3) is 8.77. The molecule has 2 amide bonds. The molecule has 184 valence electrons. The number of aliphatic imine (C=N–C) groups is 1. The number of benzene rings is 2. The lowest BCUT2D eigenvalue weighted by atomic mass is 10.1. The second-order valence-corrected chi connectivity index (χ2v) is 8.35. The molecule has 3 N–H and O–H groups in total. The molecular formula is C26H36N4O4. The summed E-state index contributed by atoms with van der Waals surface area (Å²) in [6.07, 6.45) is 1.05. The van der Waals surface area contributed by atoms with Crippen LogP contribution < -0.4 is 20.7 Å². The monoisotopic (exact) mass is 468 g/mol. The zero-order valence-electron chi connectivity index (χ0n) is 20.9. The molecule has 2 aromatic rings. The molecule has 0 unspecified atom stereocenters. The van der Waals surface area contributed by atoms with Gasteiger partial charge >= 0.3 is 12.0 Å². The van der Waals surface area contributed by atoms with Crippen molar-refractivity contribution < 1.29 is 19.1 Å². The number of urea groups is 1. The Bertz CT molecular complexity index is 989. The summed E-state index contributed by atoms with van der Waals surface area (Å²) in [5, 5.41) is 8.60. The van der Waals surface area contributed by atoms with Gasteiger partial charge in [-0.25, -0.2) is 9.79 Å². The average molecular weight is 469 g/mol. The van der Waals surface area contributed by atoms with Crippen molar-refractivity contribution in [2.75, 3.05) is 19.0 Å². The first-order chi connectivity index (χ1) is 16.2. The molecule has 8 heteroatoms. The van der Waals surface area contributed by atoms with Crippen molar-refractivity contribution in [1.82, 2.24) is 10.6 Å². The number of carbonyl (C=O) groups excluding carboxylic acids is 2.